The van der Waals surface area contributed by atoms with Crippen molar-refractivity contribution in [1.29, 1.82) is 0 Å². The van der Waals surface area contributed by atoms with Crippen LogP contribution in [0.4, 0.5) is 9.59 Å². The minimum absolute atomic E-state index is 0.0418. The van der Waals surface area contributed by atoms with E-state index >= 15 is 0 Å². The van der Waals surface area contributed by atoms with Gasteiger partial charge >= 0.3 is 18.3 Å². The lowest BCUT2D eigenvalue weighted by molar-refractivity contribution is -0.148. The minimum atomic E-state index is -1.01. The van der Waals surface area contributed by atoms with Gasteiger partial charge in [-0.3, -0.25) is 0 Å². The second-order valence-electron chi connectivity index (χ2n) is 12.1. The predicted octanol–water partition coefficient (Wildman–Crippen LogP) is 5.69. The van der Waals surface area contributed by atoms with Gasteiger partial charge in [0.2, 0.25) is 0 Å². The normalized spacial score (nSPS) is 33.5. The Kier molecular flexibility index (Phi) is 12.8. The van der Waals surface area contributed by atoms with Gasteiger partial charge in [-0.05, 0) is 51.0 Å². The molecule has 4 aliphatic rings. The molecule has 0 radical (unpaired) electrons. The SMILES string of the molecule is C=C1C[C@H](C)C[C@@H]2CC=C[C@@H](CC=CC(=O)O[C@H]([C@H](C=C[C@@H]3CC(C)=CCO3)OC(=O)OC)C[C@@H]3O[C@H]3[C@@H](OC(=O)OC)C1)O2. The minimum Gasteiger partial charge on any atom is -0.455 e. The molecule has 4 rings (SSSR count). The van der Waals surface area contributed by atoms with Crippen molar-refractivity contribution in [1.82, 2.24) is 0 Å². The van der Waals surface area contributed by atoms with E-state index in [1.54, 1.807) is 18.2 Å². The molecule has 4 aliphatic heterocycles. The van der Waals surface area contributed by atoms with Crippen LogP contribution < -0.4 is 0 Å². The summed E-state index contributed by atoms with van der Waals surface area (Å²) in [5.74, 6) is -0.327. The average Bonchev–Trinajstić information content (AvgIpc) is 3.77. The number of fused-ring (bicyclic) bond motifs is 3. The summed E-state index contributed by atoms with van der Waals surface area (Å²) in [5, 5.41) is 0. The highest BCUT2D eigenvalue weighted by Gasteiger charge is 2.49. The Balaban J connectivity index is 1.59. The smallest absolute Gasteiger partial charge is 0.455 e. The van der Waals surface area contributed by atoms with Gasteiger partial charge < -0.3 is 37.9 Å². The summed E-state index contributed by atoms with van der Waals surface area (Å²) in [6.45, 7) is 8.90. The van der Waals surface area contributed by atoms with E-state index in [2.05, 4.69) is 19.6 Å². The summed E-state index contributed by atoms with van der Waals surface area (Å²) < 4.78 is 44.7. The van der Waals surface area contributed by atoms with Gasteiger partial charge in [-0.1, -0.05) is 55.0 Å². The molecule has 11 heteroatoms. The van der Waals surface area contributed by atoms with Crippen LogP contribution in [0.2, 0.25) is 0 Å². The van der Waals surface area contributed by atoms with E-state index in [1.807, 2.05) is 19.1 Å². The van der Waals surface area contributed by atoms with E-state index in [0.717, 1.165) is 24.8 Å². The number of hydrogen-bond acceptors (Lipinski definition) is 11. The summed E-state index contributed by atoms with van der Waals surface area (Å²) in [5.41, 5.74) is 2.09. The predicted molar refractivity (Wildman–Crippen MR) is 163 cm³/mol. The summed E-state index contributed by atoms with van der Waals surface area (Å²) >= 11 is 0. The summed E-state index contributed by atoms with van der Waals surface area (Å²) in [7, 11) is 2.45. The van der Waals surface area contributed by atoms with Gasteiger partial charge in [0.05, 0.1) is 45.2 Å². The number of esters is 1. The summed E-state index contributed by atoms with van der Waals surface area (Å²) in [4.78, 5) is 37.6. The van der Waals surface area contributed by atoms with Crippen LogP contribution in [0.25, 0.3) is 0 Å². The lowest BCUT2D eigenvalue weighted by Crippen LogP contribution is -2.36. The Morgan fingerprint density at radius 1 is 1.04 bits per heavy atom. The largest absolute Gasteiger partial charge is 0.508 e. The van der Waals surface area contributed by atoms with Gasteiger partial charge in [0.1, 0.15) is 18.3 Å². The van der Waals surface area contributed by atoms with Crippen LogP contribution in [0.3, 0.4) is 0 Å². The Hall–Kier alpha value is -3.41. The van der Waals surface area contributed by atoms with Crippen LogP contribution in [-0.2, 0) is 42.7 Å². The van der Waals surface area contributed by atoms with E-state index < -0.39 is 48.8 Å². The molecule has 1 saturated heterocycles. The van der Waals surface area contributed by atoms with Crippen LogP contribution in [0.15, 0.2) is 60.3 Å². The number of carbonyl (C=O) groups is 3. The monoisotopic (exact) mass is 630 g/mol. The Bertz CT molecular complexity index is 1170. The Morgan fingerprint density at radius 3 is 2.60 bits per heavy atom. The molecule has 0 unspecified atom stereocenters. The molecule has 0 aromatic rings. The Morgan fingerprint density at radius 2 is 1.84 bits per heavy atom. The first-order valence-corrected chi connectivity index (χ1v) is 15.6. The second kappa shape index (κ2) is 16.8. The van der Waals surface area contributed by atoms with E-state index in [1.165, 1.54) is 25.9 Å². The van der Waals surface area contributed by atoms with Gasteiger partial charge in [-0.2, -0.15) is 0 Å². The molecule has 1 fully saturated rings. The molecular formula is C34H46O11. The molecule has 0 aliphatic carbocycles. The van der Waals surface area contributed by atoms with Gasteiger partial charge in [-0.25, -0.2) is 14.4 Å². The van der Waals surface area contributed by atoms with Crippen molar-refractivity contribution in [2.75, 3.05) is 20.8 Å². The second-order valence-corrected chi connectivity index (χ2v) is 12.1. The van der Waals surface area contributed by atoms with Gasteiger partial charge in [0.15, 0.2) is 6.10 Å². The number of ether oxygens (including phenoxy) is 8. The number of epoxide rings is 1. The summed E-state index contributed by atoms with van der Waals surface area (Å²) in [6, 6.07) is 0. The van der Waals surface area contributed by atoms with E-state index in [9.17, 15) is 14.4 Å². The van der Waals surface area contributed by atoms with Crippen molar-refractivity contribution < 1.29 is 52.3 Å². The maximum absolute atomic E-state index is 13.1. The fourth-order valence-corrected chi connectivity index (χ4v) is 5.97. The highest BCUT2D eigenvalue weighted by molar-refractivity contribution is 5.82. The number of cyclic esters (lactones) is 1. The molecule has 0 saturated carbocycles. The van der Waals surface area contributed by atoms with Crippen molar-refractivity contribution in [3.63, 3.8) is 0 Å². The molecule has 248 valence electrons. The molecule has 45 heavy (non-hydrogen) atoms. The molecule has 0 aromatic heterocycles. The first-order valence-electron chi connectivity index (χ1n) is 15.6. The van der Waals surface area contributed by atoms with E-state index in [0.29, 0.717) is 25.9 Å². The van der Waals surface area contributed by atoms with Crippen LogP contribution in [0.5, 0.6) is 0 Å². The molecular weight excluding hydrogens is 584 g/mol. The van der Waals surface area contributed by atoms with Crippen molar-refractivity contribution in [3.8, 4) is 0 Å². The fourth-order valence-electron chi connectivity index (χ4n) is 5.97. The zero-order valence-corrected chi connectivity index (χ0v) is 26.6. The van der Waals surface area contributed by atoms with Gasteiger partial charge in [-0.15, -0.1) is 0 Å². The van der Waals surface area contributed by atoms with E-state index in [4.69, 9.17) is 37.9 Å². The highest BCUT2D eigenvalue weighted by atomic mass is 16.7. The quantitative estimate of drug-likeness (QED) is 0.161. The molecule has 0 N–H and O–H groups in total. The summed E-state index contributed by atoms with van der Waals surface area (Å²) in [6.07, 6.45) is 11.0. The first kappa shape index (κ1) is 34.5. The zero-order valence-electron chi connectivity index (χ0n) is 26.6. The lowest BCUT2D eigenvalue weighted by Gasteiger charge is -2.28. The van der Waals surface area contributed by atoms with Gasteiger partial charge in [0.25, 0.3) is 0 Å². The standard InChI is InChI=1S/C34H46O11/c1-21-14-15-40-25(17-21)12-13-27(44-33(36)38-4)28-20-30-32(43-30)29(45-34(37)39-5)19-23(3)16-22(2)18-26-10-6-8-24(41-26)9-7-11-31(35)42-28/h6-8,11-14,22,24-30,32H,3,9-10,15-20H2,1-2,4-5H3/t22-,24-,25+,26-,27-,28-,29-,30-,32-/m0/s1. The maximum atomic E-state index is 13.1. The third-order valence-corrected chi connectivity index (χ3v) is 8.21. The van der Waals surface area contributed by atoms with Crippen molar-refractivity contribution in [2.45, 2.75) is 108 Å². The molecule has 11 nitrogen and oxygen atoms in total. The maximum Gasteiger partial charge on any atom is 0.508 e. The average molecular weight is 631 g/mol. The molecule has 4 heterocycles. The topological polar surface area (TPSA) is 128 Å². The molecule has 0 aromatic carbocycles. The van der Waals surface area contributed by atoms with Crippen molar-refractivity contribution >= 4 is 18.3 Å². The van der Waals surface area contributed by atoms with Crippen LogP contribution in [0, 0.1) is 5.92 Å². The molecule has 2 bridgehead atoms. The molecule has 0 amide bonds. The van der Waals surface area contributed by atoms with Crippen LogP contribution in [0.1, 0.15) is 58.8 Å². The van der Waals surface area contributed by atoms with Crippen LogP contribution >= 0.6 is 0 Å². The lowest BCUT2D eigenvalue weighted by atomic mass is 9.90. The van der Waals surface area contributed by atoms with Crippen molar-refractivity contribution in [2.24, 2.45) is 5.92 Å². The number of methoxy groups -OCH3 is 2. The Labute approximate surface area is 265 Å². The third-order valence-electron chi connectivity index (χ3n) is 8.21. The molecule has 0 spiro atoms. The third kappa shape index (κ3) is 11.2. The number of rotatable bonds is 5. The van der Waals surface area contributed by atoms with Crippen molar-refractivity contribution in [3.05, 3.63) is 60.3 Å². The highest BCUT2D eigenvalue weighted by Crippen LogP contribution is 2.37. The first-order chi connectivity index (χ1) is 21.6. The number of carbonyl (C=O) groups excluding carboxylic acids is 3. The zero-order chi connectivity index (χ0) is 32.3. The number of hydrogen-bond donors (Lipinski definition) is 0. The fraction of sp³-hybridized carbons (Fsp3) is 0.618. The van der Waals surface area contributed by atoms with Crippen LogP contribution in [-0.4, -0.2) is 87.9 Å². The molecule has 9 atom stereocenters. The van der Waals surface area contributed by atoms with Gasteiger partial charge in [0, 0.05) is 18.9 Å². The van der Waals surface area contributed by atoms with E-state index in [-0.39, 0.29) is 30.7 Å².